The zero-order chi connectivity index (χ0) is 8.97. The Hall–Kier alpha value is -1.69. The Morgan fingerprint density at radius 3 is 2.50 bits per heavy atom. The average molecular weight is 163 g/mol. The van der Waals surface area contributed by atoms with Gasteiger partial charge in [-0.25, -0.2) is 4.85 Å². The number of hydrogen-bond donors (Lipinski definition) is 0. The summed E-state index contributed by atoms with van der Waals surface area (Å²) in [4.78, 5) is 3.29. The lowest BCUT2D eigenvalue weighted by atomic mass is 10.3. The minimum atomic E-state index is 0.469. The third-order valence-corrected chi connectivity index (χ3v) is 1.51. The minimum absolute atomic E-state index is 0.469. The molecule has 0 aliphatic rings. The first-order valence-electron chi connectivity index (χ1n) is 3.41. The van der Waals surface area contributed by atoms with Crippen LogP contribution in [-0.4, -0.2) is 14.2 Å². The molecule has 0 amide bonds. The highest BCUT2D eigenvalue weighted by molar-refractivity contribution is 5.60. The fourth-order valence-electron chi connectivity index (χ4n) is 0.884. The third-order valence-electron chi connectivity index (χ3n) is 1.51. The van der Waals surface area contributed by atoms with Crippen LogP contribution in [0, 0.1) is 6.57 Å². The second-order valence-corrected chi connectivity index (χ2v) is 2.15. The van der Waals surface area contributed by atoms with Gasteiger partial charge in [0, 0.05) is 0 Å². The fraction of sp³-hybridized carbons (Fsp3) is 0.222. The summed E-state index contributed by atoms with van der Waals surface area (Å²) in [6.45, 7) is 6.85. The van der Waals surface area contributed by atoms with E-state index in [4.69, 9.17) is 16.0 Å². The highest BCUT2D eigenvalue weighted by atomic mass is 16.5. The molecule has 0 atom stereocenters. The van der Waals surface area contributed by atoms with Crippen LogP contribution in [0.25, 0.3) is 4.85 Å². The summed E-state index contributed by atoms with van der Waals surface area (Å²) in [7, 11) is 3.10. The monoisotopic (exact) mass is 163 g/mol. The summed E-state index contributed by atoms with van der Waals surface area (Å²) in [6.07, 6.45) is 0. The molecular formula is C9H9NO2. The lowest BCUT2D eigenvalue weighted by Gasteiger charge is -2.04. The van der Waals surface area contributed by atoms with E-state index in [1.165, 1.54) is 7.11 Å². The van der Waals surface area contributed by atoms with Crippen LogP contribution < -0.4 is 9.47 Å². The second kappa shape index (κ2) is 3.63. The SMILES string of the molecule is [C-]#[N+]c1cc(OC)ccc1OC. The highest BCUT2D eigenvalue weighted by Crippen LogP contribution is 2.30. The molecule has 0 radical (unpaired) electrons. The van der Waals surface area contributed by atoms with E-state index >= 15 is 0 Å². The Bertz CT molecular complexity index is 315. The van der Waals surface area contributed by atoms with E-state index in [1.807, 2.05) is 0 Å². The van der Waals surface area contributed by atoms with Gasteiger partial charge in [0.1, 0.15) is 11.5 Å². The fourth-order valence-corrected chi connectivity index (χ4v) is 0.884. The number of ether oxygens (including phenoxy) is 2. The molecule has 3 heteroatoms. The van der Waals surface area contributed by atoms with E-state index in [-0.39, 0.29) is 0 Å². The molecule has 0 saturated carbocycles. The lowest BCUT2D eigenvalue weighted by Crippen LogP contribution is -1.85. The Labute approximate surface area is 71.4 Å². The van der Waals surface area contributed by atoms with Gasteiger partial charge >= 0.3 is 0 Å². The molecule has 0 heterocycles. The van der Waals surface area contributed by atoms with Crippen molar-refractivity contribution in [2.24, 2.45) is 0 Å². The summed E-state index contributed by atoms with van der Waals surface area (Å²) in [5, 5.41) is 0. The van der Waals surface area contributed by atoms with Crippen LogP contribution in [-0.2, 0) is 0 Å². The first-order chi connectivity index (χ1) is 5.81. The van der Waals surface area contributed by atoms with Gasteiger partial charge in [-0.2, -0.15) is 0 Å². The van der Waals surface area contributed by atoms with Crippen molar-refractivity contribution >= 4 is 5.69 Å². The zero-order valence-electron chi connectivity index (χ0n) is 7.00. The van der Waals surface area contributed by atoms with E-state index in [1.54, 1.807) is 25.3 Å². The quantitative estimate of drug-likeness (QED) is 0.624. The molecule has 3 nitrogen and oxygen atoms in total. The number of methoxy groups -OCH3 is 2. The molecule has 1 rings (SSSR count). The molecule has 0 unspecified atom stereocenters. The Balaban J connectivity index is 3.13. The average Bonchev–Trinajstić information content (AvgIpc) is 2.16. The summed E-state index contributed by atoms with van der Waals surface area (Å²) in [5.74, 6) is 1.24. The van der Waals surface area contributed by atoms with Crippen LogP contribution in [0.3, 0.4) is 0 Å². The van der Waals surface area contributed by atoms with Crippen molar-refractivity contribution in [1.29, 1.82) is 0 Å². The van der Waals surface area contributed by atoms with Gasteiger partial charge in [0.05, 0.1) is 20.8 Å². The Morgan fingerprint density at radius 1 is 1.25 bits per heavy atom. The van der Waals surface area contributed by atoms with Gasteiger partial charge in [0.15, 0.2) is 0 Å². The van der Waals surface area contributed by atoms with Crippen LogP contribution >= 0.6 is 0 Å². The summed E-state index contributed by atoms with van der Waals surface area (Å²) < 4.78 is 9.92. The van der Waals surface area contributed by atoms with E-state index in [9.17, 15) is 0 Å². The first kappa shape index (κ1) is 8.41. The van der Waals surface area contributed by atoms with Gasteiger partial charge in [-0.3, -0.25) is 0 Å². The lowest BCUT2D eigenvalue weighted by molar-refractivity contribution is 0.405. The predicted octanol–water partition coefficient (Wildman–Crippen LogP) is 2.25. The normalized spacial score (nSPS) is 8.75. The topological polar surface area (TPSA) is 22.8 Å². The number of benzene rings is 1. The largest absolute Gasteiger partial charge is 0.508 e. The van der Waals surface area contributed by atoms with Gasteiger partial charge in [0.2, 0.25) is 5.69 Å². The smallest absolute Gasteiger partial charge is 0.231 e. The molecule has 0 N–H and O–H groups in total. The van der Waals surface area contributed by atoms with Crippen molar-refractivity contribution in [3.63, 3.8) is 0 Å². The zero-order valence-corrected chi connectivity index (χ0v) is 7.00. The van der Waals surface area contributed by atoms with Crippen molar-refractivity contribution in [1.82, 2.24) is 0 Å². The van der Waals surface area contributed by atoms with Crippen molar-refractivity contribution in [2.75, 3.05) is 14.2 Å². The molecule has 1 aromatic rings. The van der Waals surface area contributed by atoms with Gasteiger partial charge in [-0.15, -0.1) is 0 Å². The molecular weight excluding hydrogens is 154 g/mol. The second-order valence-electron chi connectivity index (χ2n) is 2.15. The molecule has 0 fully saturated rings. The van der Waals surface area contributed by atoms with Crippen molar-refractivity contribution in [3.05, 3.63) is 29.6 Å². The standard InChI is InChI=1S/C9H9NO2/c1-10-8-6-7(11-2)4-5-9(8)12-3/h4-6H,2-3H3. The molecule has 1 aromatic carbocycles. The minimum Gasteiger partial charge on any atom is -0.508 e. The van der Waals surface area contributed by atoms with Gasteiger partial charge < -0.3 is 9.47 Å². The molecule has 62 valence electrons. The van der Waals surface area contributed by atoms with Gasteiger partial charge in [-0.05, 0) is 18.2 Å². The Morgan fingerprint density at radius 2 is 2.00 bits per heavy atom. The van der Waals surface area contributed by atoms with Crippen LogP contribution in [0.4, 0.5) is 5.69 Å². The van der Waals surface area contributed by atoms with E-state index in [0.717, 1.165) is 0 Å². The number of nitrogens with zero attached hydrogens (tertiary/aromatic N) is 1. The van der Waals surface area contributed by atoms with Crippen LogP contribution in [0.1, 0.15) is 0 Å². The molecule has 12 heavy (non-hydrogen) atoms. The molecule has 0 saturated heterocycles. The molecule has 0 aromatic heterocycles. The third kappa shape index (κ3) is 1.48. The predicted molar refractivity (Wildman–Crippen MR) is 45.8 cm³/mol. The Kier molecular flexibility index (Phi) is 2.54. The molecule has 0 aliphatic heterocycles. The maximum absolute atomic E-state index is 6.85. The molecule has 0 bridgehead atoms. The summed E-state index contributed by atoms with van der Waals surface area (Å²) >= 11 is 0. The maximum Gasteiger partial charge on any atom is 0.231 e. The van der Waals surface area contributed by atoms with Crippen molar-refractivity contribution in [3.8, 4) is 11.5 Å². The van der Waals surface area contributed by atoms with E-state index in [0.29, 0.717) is 17.2 Å². The van der Waals surface area contributed by atoms with Gasteiger partial charge in [-0.1, -0.05) is 0 Å². The number of rotatable bonds is 2. The molecule has 0 spiro atoms. The van der Waals surface area contributed by atoms with Crippen LogP contribution in [0.5, 0.6) is 11.5 Å². The summed E-state index contributed by atoms with van der Waals surface area (Å²) in [5.41, 5.74) is 0.469. The first-order valence-corrected chi connectivity index (χ1v) is 3.41. The van der Waals surface area contributed by atoms with Crippen molar-refractivity contribution < 1.29 is 9.47 Å². The number of hydrogen-bond acceptors (Lipinski definition) is 2. The van der Waals surface area contributed by atoms with Crippen LogP contribution in [0.2, 0.25) is 0 Å². The van der Waals surface area contributed by atoms with Gasteiger partial charge in [0.25, 0.3) is 0 Å². The molecule has 0 aliphatic carbocycles. The highest BCUT2D eigenvalue weighted by Gasteiger charge is 2.02. The van der Waals surface area contributed by atoms with Crippen molar-refractivity contribution in [2.45, 2.75) is 0 Å². The summed E-state index contributed by atoms with van der Waals surface area (Å²) in [6, 6.07) is 5.12. The van der Waals surface area contributed by atoms with E-state index in [2.05, 4.69) is 4.85 Å². The maximum atomic E-state index is 6.85. The van der Waals surface area contributed by atoms with E-state index < -0.39 is 0 Å². The van der Waals surface area contributed by atoms with Crippen LogP contribution in [0.15, 0.2) is 18.2 Å².